The minimum atomic E-state index is -0.506. The molecule has 6 rings (SSSR count). The fourth-order valence-corrected chi connectivity index (χ4v) is 6.23. The molecule has 7 heteroatoms. The van der Waals surface area contributed by atoms with Crippen molar-refractivity contribution in [2.45, 2.75) is 17.1 Å². The number of hydrogen-bond acceptors (Lipinski definition) is 4. The molecule has 6 nitrogen and oxygen atoms in total. The van der Waals surface area contributed by atoms with Gasteiger partial charge in [0.15, 0.2) is 0 Å². The third-order valence-corrected chi connectivity index (χ3v) is 9.15. The largest absolute Gasteiger partial charge is 0.325 e. The first kappa shape index (κ1) is 33.7. The van der Waals surface area contributed by atoms with Crippen LogP contribution in [0.15, 0.2) is 174 Å². The van der Waals surface area contributed by atoms with Crippen molar-refractivity contribution in [1.29, 1.82) is 0 Å². The minimum absolute atomic E-state index is 0.0988. The third-order valence-electron chi connectivity index (χ3n) is 7.88. The van der Waals surface area contributed by atoms with Crippen LogP contribution in [0.1, 0.15) is 32.3 Å². The van der Waals surface area contributed by atoms with Gasteiger partial charge in [-0.15, -0.1) is 11.8 Å². The lowest BCUT2D eigenvalue weighted by molar-refractivity contribution is -0.116. The summed E-state index contributed by atoms with van der Waals surface area (Å²) in [5.74, 6) is -1.000. The molecule has 0 heterocycles. The van der Waals surface area contributed by atoms with Gasteiger partial charge in [-0.25, -0.2) is 0 Å². The van der Waals surface area contributed by atoms with Crippen molar-refractivity contribution in [3.8, 4) is 11.1 Å². The Hall–Kier alpha value is -6.18. The molecule has 0 aliphatic rings. The average molecular weight is 674 g/mol. The SMILES string of the molecule is Cc1ccc(NC(=O)C(Sc2ccc(NC(=O)/C(=C/c3ccc(-c4ccccc4)cc3)NC(=O)c3ccccc3)cc2)c2ccccc2)cc1. The summed E-state index contributed by atoms with van der Waals surface area (Å²) in [6, 6.07) is 51.2. The van der Waals surface area contributed by atoms with Crippen LogP contribution in [0.25, 0.3) is 17.2 Å². The van der Waals surface area contributed by atoms with E-state index in [0.29, 0.717) is 11.3 Å². The molecular weight excluding hydrogens is 639 g/mol. The standard InChI is InChI=1S/C43H35N3O3S/c1-30-17-23-36(24-18-30)45-43(49)40(34-13-7-3-8-14-34)50-38-27-25-37(26-28-38)44-42(48)39(46-41(47)35-15-9-4-10-16-35)29-31-19-21-33(22-20-31)32-11-5-2-6-12-32/h2-29,40H,1H3,(H,44,48)(H,45,49)(H,46,47)/b39-29-. The molecule has 246 valence electrons. The second-order valence-corrected chi connectivity index (χ2v) is 12.8. The lowest BCUT2D eigenvalue weighted by Crippen LogP contribution is -2.30. The van der Waals surface area contributed by atoms with Gasteiger partial charge in [0.25, 0.3) is 11.8 Å². The third kappa shape index (κ3) is 9.04. The first-order valence-corrected chi connectivity index (χ1v) is 17.0. The highest BCUT2D eigenvalue weighted by molar-refractivity contribution is 8.00. The highest BCUT2D eigenvalue weighted by Crippen LogP contribution is 2.37. The van der Waals surface area contributed by atoms with E-state index in [2.05, 4.69) is 16.0 Å². The van der Waals surface area contributed by atoms with Gasteiger partial charge in [-0.2, -0.15) is 0 Å². The Morgan fingerprint density at radius 1 is 0.580 bits per heavy atom. The number of benzene rings is 6. The van der Waals surface area contributed by atoms with E-state index in [4.69, 9.17) is 0 Å². The minimum Gasteiger partial charge on any atom is -0.325 e. The topological polar surface area (TPSA) is 87.3 Å². The highest BCUT2D eigenvalue weighted by Gasteiger charge is 2.22. The van der Waals surface area contributed by atoms with Crippen LogP contribution in [0.3, 0.4) is 0 Å². The molecular formula is C43H35N3O3S. The zero-order chi connectivity index (χ0) is 34.7. The number of rotatable bonds is 11. The number of nitrogens with one attached hydrogen (secondary N) is 3. The molecule has 6 aromatic carbocycles. The smallest absolute Gasteiger partial charge is 0.272 e. The van der Waals surface area contributed by atoms with Crippen molar-refractivity contribution in [3.63, 3.8) is 0 Å². The van der Waals surface area contributed by atoms with E-state index in [0.717, 1.165) is 38.4 Å². The number of carbonyl (C=O) groups is 3. The zero-order valence-corrected chi connectivity index (χ0v) is 28.2. The predicted octanol–water partition coefficient (Wildman–Crippen LogP) is 9.54. The van der Waals surface area contributed by atoms with Gasteiger partial charge in [0.05, 0.1) is 0 Å². The molecule has 0 fully saturated rings. The lowest BCUT2D eigenvalue weighted by Gasteiger charge is -2.18. The lowest BCUT2D eigenvalue weighted by atomic mass is 10.0. The Bertz CT molecular complexity index is 2080. The molecule has 3 amide bonds. The summed E-state index contributed by atoms with van der Waals surface area (Å²) < 4.78 is 0. The van der Waals surface area contributed by atoms with Crippen LogP contribution in [-0.2, 0) is 9.59 Å². The van der Waals surface area contributed by atoms with Crippen LogP contribution in [0, 0.1) is 6.92 Å². The van der Waals surface area contributed by atoms with E-state index in [1.165, 1.54) is 11.8 Å². The Labute approximate surface area is 296 Å². The Kier molecular flexibility index (Phi) is 11.0. The van der Waals surface area contributed by atoms with Gasteiger partial charge in [-0.1, -0.05) is 121 Å². The molecule has 0 radical (unpaired) electrons. The quantitative estimate of drug-likeness (QED) is 0.0945. The van der Waals surface area contributed by atoms with Crippen molar-refractivity contribution < 1.29 is 14.4 Å². The number of amides is 3. The molecule has 1 atom stereocenters. The molecule has 1 unspecified atom stereocenters. The highest BCUT2D eigenvalue weighted by atomic mass is 32.2. The zero-order valence-electron chi connectivity index (χ0n) is 27.4. The number of aryl methyl sites for hydroxylation is 1. The summed E-state index contributed by atoms with van der Waals surface area (Å²) in [6.45, 7) is 2.00. The molecule has 0 aliphatic heterocycles. The predicted molar refractivity (Wildman–Crippen MR) is 204 cm³/mol. The number of anilines is 2. The monoisotopic (exact) mass is 673 g/mol. The van der Waals surface area contributed by atoms with Gasteiger partial charge in [0, 0.05) is 21.8 Å². The fourth-order valence-electron chi connectivity index (χ4n) is 5.21. The molecule has 3 N–H and O–H groups in total. The second kappa shape index (κ2) is 16.3. The van der Waals surface area contributed by atoms with E-state index in [1.54, 1.807) is 42.5 Å². The van der Waals surface area contributed by atoms with E-state index in [-0.39, 0.29) is 11.6 Å². The van der Waals surface area contributed by atoms with Crippen molar-refractivity contribution >= 4 is 46.9 Å². The average Bonchev–Trinajstić information content (AvgIpc) is 3.16. The van der Waals surface area contributed by atoms with Crippen LogP contribution in [0.2, 0.25) is 0 Å². The summed E-state index contributed by atoms with van der Waals surface area (Å²) in [5.41, 5.74) is 6.68. The van der Waals surface area contributed by atoms with Gasteiger partial charge >= 0.3 is 0 Å². The van der Waals surface area contributed by atoms with Gasteiger partial charge in [-0.05, 0) is 83.8 Å². The van der Waals surface area contributed by atoms with E-state index in [1.807, 2.05) is 134 Å². The van der Waals surface area contributed by atoms with Crippen molar-refractivity contribution in [1.82, 2.24) is 5.32 Å². The van der Waals surface area contributed by atoms with Crippen LogP contribution in [0.5, 0.6) is 0 Å². The fraction of sp³-hybridized carbons (Fsp3) is 0.0465. The maximum absolute atomic E-state index is 13.7. The number of carbonyl (C=O) groups excluding carboxylic acids is 3. The summed E-state index contributed by atoms with van der Waals surface area (Å²) in [7, 11) is 0. The van der Waals surface area contributed by atoms with Crippen LogP contribution in [0.4, 0.5) is 11.4 Å². The first-order chi connectivity index (χ1) is 24.4. The molecule has 50 heavy (non-hydrogen) atoms. The van der Waals surface area contributed by atoms with Gasteiger partial charge in [-0.3, -0.25) is 14.4 Å². The van der Waals surface area contributed by atoms with Crippen LogP contribution >= 0.6 is 11.8 Å². The molecule has 0 bridgehead atoms. The van der Waals surface area contributed by atoms with E-state index in [9.17, 15) is 14.4 Å². The van der Waals surface area contributed by atoms with Gasteiger partial charge < -0.3 is 16.0 Å². The van der Waals surface area contributed by atoms with Crippen molar-refractivity contribution in [2.75, 3.05) is 10.6 Å². The molecule has 0 aliphatic carbocycles. The van der Waals surface area contributed by atoms with Crippen molar-refractivity contribution in [2.24, 2.45) is 0 Å². The number of hydrogen-bond donors (Lipinski definition) is 3. The van der Waals surface area contributed by atoms with Gasteiger partial charge in [0.2, 0.25) is 5.91 Å². The number of thioether (sulfide) groups is 1. The summed E-state index contributed by atoms with van der Waals surface area (Å²) >= 11 is 1.42. The van der Waals surface area contributed by atoms with E-state index >= 15 is 0 Å². The molecule has 0 aromatic heterocycles. The molecule has 0 spiro atoms. The van der Waals surface area contributed by atoms with Gasteiger partial charge in [0.1, 0.15) is 10.9 Å². The summed E-state index contributed by atoms with van der Waals surface area (Å²) in [5, 5.41) is 8.25. The molecule has 0 saturated carbocycles. The molecule has 6 aromatic rings. The normalized spacial score (nSPS) is 11.7. The second-order valence-electron chi connectivity index (χ2n) is 11.6. The summed E-state index contributed by atoms with van der Waals surface area (Å²) in [4.78, 5) is 41.1. The van der Waals surface area contributed by atoms with Crippen molar-refractivity contribution in [3.05, 3.63) is 192 Å². The van der Waals surface area contributed by atoms with Crippen LogP contribution < -0.4 is 16.0 Å². The maximum Gasteiger partial charge on any atom is 0.272 e. The Morgan fingerprint density at radius 3 is 1.76 bits per heavy atom. The first-order valence-electron chi connectivity index (χ1n) is 16.2. The molecule has 0 saturated heterocycles. The van der Waals surface area contributed by atoms with E-state index < -0.39 is 17.1 Å². The maximum atomic E-state index is 13.7. The Balaban J connectivity index is 1.19. The summed E-state index contributed by atoms with van der Waals surface area (Å²) in [6.07, 6.45) is 1.66. The Morgan fingerprint density at radius 2 is 1.12 bits per heavy atom. The van der Waals surface area contributed by atoms with Crippen LogP contribution in [-0.4, -0.2) is 17.7 Å².